The lowest BCUT2D eigenvalue weighted by Gasteiger charge is -2.34. The lowest BCUT2D eigenvalue weighted by atomic mass is 10.0. The molecule has 0 aliphatic carbocycles. The molecular weight excluding hydrogens is 408 g/mol. The summed E-state index contributed by atoms with van der Waals surface area (Å²) >= 11 is 6.33. The Morgan fingerprint density at radius 2 is 1.84 bits per heavy atom. The zero-order valence-electron chi connectivity index (χ0n) is 18.0. The summed E-state index contributed by atoms with van der Waals surface area (Å²) in [4.78, 5) is 20.1. The molecule has 160 valence electrons. The van der Waals surface area contributed by atoms with Gasteiger partial charge in [0.05, 0.1) is 12.4 Å². The zero-order valence-corrected chi connectivity index (χ0v) is 18.8. The third-order valence-electron chi connectivity index (χ3n) is 6.41. The van der Waals surface area contributed by atoms with Crippen LogP contribution in [0.3, 0.4) is 0 Å². The molecule has 0 unspecified atom stereocenters. The van der Waals surface area contributed by atoms with Gasteiger partial charge in [0.2, 0.25) is 0 Å². The first-order chi connectivity index (χ1) is 15.0. The summed E-state index contributed by atoms with van der Waals surface area (Å²) in [6.45, 7) is 7.57. The lowest BCUT2D eigenvalue weighted by Crippen LogP contribution is -2.49. The molecule has 0 saturated carbocycles. The number of hydrogen-bond donors (Lipinski definition) is 0. The number of aryl methyl sites for hydroxylation is 1. The molecule has 1 aromatic heterocycles. The first kappa shape index (κ1) is 20.3. The van der Waals surface area contributed by atoms with E-state index in [9.17, 15) is 4.79 Å². The average molecular weight is 435 g/mol. The van der Waals surface area contributed by atoms with E-state index in [1.165, 1.54) is 5.52 Å². The number of fused-ring (bicyclic) bond motifs is 2. The van der Waals surface area contributed by atoms with E-state index >= 15 is 0 Å². The van der Waals surface area contributed by atoms with Gasteiger partial charge in [-0.15, -0.1) is 0 Å². The van der Waals surface area contributed by atoms with Crippen molar-refractivity contribution in [3.63, 3.8) is 0 Å². The molecule has 0 spiro atoms. The number of aromatic nitrogens is 1. The van der Waals surface area contributed by atoms with Crippen LogP contribution in [0, 0.1) is 0 Å². The van der Waals surface area contributed by atoms with E-state index < -0.39 is 0 Å². The van der Waals surface area contributed by atoms with Gasteiger partial charge in [0.15, 0.2) is 0 Å². The molecule has 5 nitrogen and oxygen atoms in total. The number of benzene rings is 2. The number of likely N-dealkylation sites (N-methyl/N-ethyl adjacent to an activating group) is 1. The summed E-state index contributed by atoms with van der Waals surface area (Å²) in [7, 11) is 2.14. The number of nitrogens with zero attached hydrogens (tertiary/aromatic N) is 4. The van der Waals surface area contributed by atoms with Gasteiger partial charge >= 0.3 is 0 Å². The van der Waals surface area contributed by atoms with Crippen LogP contribution in [0.2, 0.25) is 5.02 Å². The van der Waals surface area contributed by atoms with Gasteiger partial charge in [-0.1, -0.05) is 35.9 Å². The highest BCUT2D eigenvalue weighted by Crippen LogP contribution is 2.40. The Morgan fingerprint density at radius 3 is 2.61 bits per heavy atom. The molecule has 1 saturated heterocycles. The van der Waals surface area contributed by atoms with Crippen molar-refractivity contribution in [2.45, 2.75) is 13.5 Å². The first-order valence-corrected chi connectivity index (χ1v) is 11.2. The van der Waals surface area contributed by atoms with Gasteiger partial charge in [0, 0.05) is 71.5 Å². The zero-order chi connectivity index (χ0) is 21.5. The Kier molecular flexibility index (Phi) is 5.34. The summed E-state index contributed by atoms with van der Waals surface area (Å²) in [5, 5.41) is 1.82. The standard InChI is InChI=1S/C25H27ClN4O/c1-3-29-16-18(20-6-4-5-7-23(20)29)14-22-21-9-8-19(26)15-24(21)30(25(22)31)17-28-12-10-27(2)11-13-28/h4-9,14-16H,3,10-13,17H2,1-2H3. The number of carbonyl (C=O) groups is 1. The van der Waals surface area contributed by atoms with Crippen molar-refractivity contribution < 1.29 is 4.79 Å². The Hall–Kier alpha value is -2.60. The largest absolute Gasteiger partial charge is 0.347 e. The third-order valence-corrected chi connectivity index (χ3v) is 6.65. The fraction of sp³-hybridized carbons (Fsp3) is 0.320. The topological polar surface area (TPSA) is 31.7 Å². The van der Waals surface area contributed by atoms with Crippen LogP contribution in [0.25, 0.3) is 22.6 Å². The molecule has 2 aromatic carbocycles. The van der Waals surface area contributed by atoms with Crippen molar-refractivity contribution in [3.05, 3.63) is 64.8 Å². The number of amides is 1. The second-order valence-corrected chi connectivity index (χ2v) is 8.84. The Balaban J connectivity index is 1.55. The molecule has 0 N–H and O–H groups in total. The summed E-state index contributed by atoms with van der Waals surface area (Å²) in [5.41, 5.74) is 4.86. The number of halogens is 1. The van der Waals surface area contributed by atoms with E-state index in [4.69, 9.17) is 11.6 Å². The van der Waals surface area contributed by atoms with E-state index in [2.05, 4.69) is 52.7 Å². The van der Waals surface area contributed by atoms with Crippen molar-refractivity contribution in [1.82, 2.24) is 14.4 Å². The van der Waals surface area contributed by atoms with Crippen LogP contribution in [-0.2, 0) is 11.3 Å². The molecule has 2 aliphatic rings. The van der Waals surface area contributed by atoms with Crippen molar-refractivity contribution in [2.24, 2.45) is 0 Å². The molecule has 0 radical (unpaired) electrons. The van der Waals surface area contributed by atoms with Crippen LogP contribution in [0.4, 0.5) is 5.69 Å². The predicted octanol–water partition coefficient (Wildman–Crippen LogP) is 4.41. The number of anilines is 1. The maximum atomic E-state index is 13.6. The maximum Gasteiger partial charge on any atom is 0.260 e. The number of rotatable bonds is 4. The molecule has 5 rings (SSSR count). The van der Waals surface area contributed by atoms with Gasteiger partial charge in [-0.25, -0.2) is 0 Å². The molecule has 2 aliphatic heterocycles. The minimum atomic E-state index is 0.0459. The second kappa shape index (κ2) is 8.15. The smallest absolute Gasteiger partial charge is 0.260 e. The van der Waals surface area contributed by atoms with Crippen LogP contribution in [0.5, 0.6) is 0 Å². The molecule has 31 heavy (non-hydrogen) atoms. The molecule has 1 fully saturated rings. The SMILES string of the molecule is CCn1cc(C=C2C(=O)N(CN3CCN(C)CC3)c3cc(Cl)ccc32)c2ccccc21. The molecular formula is C25H27ClN4O. The van der Waals surface area contributed by atoms with Crippen molar-refractivity contribution >= 4 is 45.7 Å². The summed E-state index contributed by atoms with van der Waals surface area (Å²) in [6, 6.07) is 14.1. The van der Waals surface area contributed by atoms with E-state index in [0.29, 0.717) is 11.7 Å². The number of piperazine rings is 1. The van der Waals surface area contributed by atoms with E-state index in [0.717, 1.165) is 60.5 Å². The van der Waals surface area contributed by atoms with Gasteiger partial charge in [-0.05, 0) is 38.2 Å². The Labute approximate surface area is 188 Å². The van der Waals surface area contributed by atoms with Crippen LogP contribution in [0.15, 0.2) is 48.7 Å². The predicted molar refractivity (Wildman–Crippen MR) is 128 cm³/mol. The van der Waals surface area contributed by atoms with Gasteiger partial charge in [0.25, 0.3) is 5.91 Å². The minimum Gasteiger partial charge on any atom is -0.347 e. The highest BCUT2D eigenvalue weighted by Gasteiger charge is 2.34. The Morgan fingerprint density at radius 1 is 1.06 bits per heavy atom. The van der Waals surface area contributed by atoms with Crippen LogP contribution >= 0.6 is 11.6 Å². The fourth-order valence-electron chi connectivity index (χ4n) is 4.60. The fourth-order valence-corrected chi connectivity index (χ4v) is 4.77. The minimum absolute atomic E-state index is 0.0459. The molecule has 3 aromatic rings. The lowest BCUT2D eigenvalue weighted by molar-refractivity contribution is -0.113. The van der Waals surface area contributed by atoms with E-state index in [1.54, 1.807) is 0 Å². The van der Waals surface area contributed by atoms with Crippen molar-refractivity contribution in [1.29, 1.82) is 0 Å². The van der Waals surface area contributed by atoms with Crippen LogP contribution in [0.1, 0.15) is 18.1 Å². The van der Waals surface area contributed by atoms with E-state index in [1.807, 2.05) is 35.2 Å². The number of carbonyl (C=O) groups excluding carboxylic acids is 1. The summed E-state index contributed by atoms with van der Waals surface area (Å²) in [5.74, 6) is 0.0459. The highest BCUT2D eigenvalue weighted by molar-refractivity contribution is 6.37. The number of hydrogen-bond acceptors (Lipinski definition) is 3. The molecule has 1 amide bonds. The number of para-hydroxylation sites is 1. The monoisotopic (exact) mass is 434 g/mol. The molecule has 0 bridgehead atoms. The van der Waals surface area contributed by atoms with Crippen molar-refractivity contribution in [3.8, 4) is 0 Å². The Bertz CT molecular complexity index is 1170. The second-order valence-electron chi connectivity index (χ2n) is 8.40. The summed E-state index contributed by atoms with van der Waals surface area (Å²) in [6.07, 6.45) is 4.19. The van der Waals surface area contributed by atoms with Gasteiger partial charge in [0.1, 0.15) is 0 Å². The van der Waals surface area contributed by atoms with E-state index in [-0.39, 0.29) is 5.91 Å². The molecule has 3 heterocycles. The molecule has 6 heteroatoms. The van der Waals surface area contributed by atoms with Gasteiger partial charge in [-0.3, -0.25) is 14.6 Å². The molecule has 0 atom stereocenters. The average Bonchev–Trinajstić information content (AvgIpc) is 3.26. The highest BCUT2D eigenvalue weighted by atomic mass is 35.5. The van der Waals surface area contributed by atoms with Gasteiger partial charge < -0.3 is 9.47 Å². The maximum absolute atomic E-state index is 13.6. The van der Waals surface area contributed by atoms with Crippen molar-refractivity contribution in [2.75, 3.05) is 44.8 Å². The normalized spacial score (nSPS) is 19.0. The van der Waals surface area contributed by atoms with Crippen LogP contribution < -0.4 is 4.90 Å². The quantitative estimate of drug-likeness (QED) is 0.570. The first-order valence-electron chi connectivity index (χ1n) is 10.9. The van der Waals surface area contributed by atoms with Crippen LogP contribution in [-0.4, -0.2) is 60.2 Å². The summed E-state index contributed by atoms with van der Waals surface area (Å²) < 4.78 is 2.23. The van der Waals surface area contributed by atoms with Gasteiger partial charge in [-0.2, -0.15) is 0 Å². The third kappa shape index (κ3) is 3.67.